The number of hydrogen-bond donors (Lipinski definition) is 1. The zero-order valence-corrected chi connectivity index (χ0v) is 13.1. The molecule has 0 aliphatic rings. The van der Waals surface area contributed by atoms with Crippen molar-refractivity contribution in [3.05, 3.63) is 82.0 Å². The van der Waals surface area contributed by atoms with Crippen LogP contribution in [0.2, 0.25) is 10.0 Å². The second-order valence-electron chi connectivity index (χ2n) is 4.49. The third kappa shape index (κ3) is 4.45. The largest absolute Gasteiger partial charge is 0.383 e. The number of benzene rings is 2. The number of rotatable bonds is 6. The number of Topliss-reactive ketones (excluding diaryl/α,β-unsaturated/α-hetero) is 1. The Hall–Kier alpha value is -2.10. The van der Waals surface area contributed by atoms with Gasteiger partial charge in [-0.3, -0.25) is 9.59 Å². The first-order chi connectivity index (χ1) is 10.6. The number of ketones is 2. The normalized spacial score (nSPS) is 10.6. The highest BCUT2D eigenvalue weighted by molar-refractivity contribution is 6.37. The van der Waals surface area contributed by atoms with Gasteiger partial charge in [-0.2, -0.15) is 0 Å². The molecule has 2 aromatic carbocycles. The predicted molar refractivity (Wildman–Crippen MR) is 88.7 cm³/mol. The Kier molecular flexibility index (Phi) is 5.75. The van der Waals surface area contributed by atoms with Gasteiger partial charge in [0.2, 0.25) is 0 Å². The highest BCUT2D eigenvalue weighted by atomic mass is 35.5. The Morgan fingerprint density at radius 2 is 1.77 bits per heavy atom. The molecular weight excluding hydrogens is 321 g/mol. The first-order valence-corrected chi connectivity index (χ1v) is 7.31. The van der Waals surface area contributed by atoms with Crippen LogP contribution in [0, 0.1) is 0 Å². The molecule has 1 N–H and O–H groups in total. The van der Waals surface area contributed by atoms with Gasteiger partial charge >= 0.3 is 0 Å². The van der Waals surface area contributed by atoms with E-state index in [0.29, 0.717) is 21.2 Å². The number of carbonyl (C=O) groups is 2. The van der Waals surface area contributed by atoms with Gasteiger partial charge in [-0.05, 0) is 18.2 Å². The van der Waals surface area contributed by atoms with Crippen LogP contribution in [0.1, 0.15) is 20.7 Å². The lowest BCUT2D eigenvalue weighted by Gasteiger charge is -2.02. The molecular formula is C17H13Cl2NO2. The fourth-order valence-corrected chi connectivity index (χ4v) is 2.29. The minimum absolute atomic E-state index is 0.0535. The number of halogens is 2. The molecule has 0 aliphatic heterocycles. The summed E-state index contributed by atoms with van der Waals surface area (Å²) in [7, 11) is 0. The van der Waals surface area contributed by atoms with Crippen LogP contribution in [-0.2, 0) is 0 Å². The topological polar surface area (TPSA) is 46.2 Å². The zero-order valence-electron chi connectivity index (χ0n) is 11.6. The fraction of sp³-hybridized carbons (Fsp3) is 0.0588. The number of allylic oxidation sites excluding steroid dienone is 1. The van der Waals surface area contributed by atoms with Gasteiger partial charge in [0.05, 0.1) is 11.6 Å². The Bertz CT molecular complexity index is 712. The van der Waals surface area contributed by atoms with Crippen molar-refractivity contribution < 1.29 is 9.59 Å². The van der Waals surface area contributed by atoms with E-state index in [9.17, 15) is 9.59 Å². The van der Waals surface area contributed by atoms with Gasteiger partial charge in [0.1, 0.15) is 0 Å². The van der Waals surface area contributed by atoms with Crippen molar-refractivity contribution in [3.8, 4) is 0 Å². The third-order valence-electron chi connectivity index (χ3n) is 2.91. The quantitative estimate of drug-likeness (QED) is 0.637. The van der Waals surface area contributed by atoms with Crippen LogP contribution >= 0.6 is 23.2 Å². The molecule has 0 heterocycles. The van der Waals surface area contributed by atoms with Crippen molar-refractivity contribution in [1.82, 2.24) is 5.32 Å². The van der Waals surface area contributed by atoms with E-state index in [1.165, 1.54) is 18.3 Å². The van der Waals surface area contributed by atoms with E-state index in [0.717, 1.165) is 0 Å². The summed E-state index contributed by atoms with van der Waals surface area (Å²) in [6.07, 6.45) is 2.77. The lowest BCUT2D eigenvalue weighted by Crippen LogP contribution is -2.18. The molecule has 0 spiro atoms. The van der Waals surface area contributed by atoms with Crippen molar-refractivity contribution in [2.75, 3.05) is 6.54 Å². The molecule has 0 amide bonds. The van der Waals surface area contributed by atoms with Crippen molar-refractivity contribution in [2.24, 2.45) is 0 Å². The van der Waals surface area contributed by atoms with Gasteiger partial charge in [-0.15, -0.1) is 0 Å². The molecule has 0 radical (unpaired) electrons. The first kappa shape index (κ1) is 16.3. The molecule has 0 fully saturated rings. The number of nitrogens with one attached hydrogen (secondary N) is 1. The summed E-state index contributed by atoms with van der Waals surface area (Å²) in [5, 5.41) is 3.56. The summed E-state index contributed by atoms with van der Waals surface area (Å²) in [6, 6.07) is 13.6. The summed E-state index contributed by atoms with van der Waals surface area (Å²) < 4.78 is 0. The predicted octanol–water partition coefficient (Wildman–Crippen LogP) is 4.16. The lowest BCUT2D eigenvalue weighted by atomic mass is 10.1. The van der Waals surface area contributed by atoms with Crippen molar-refractivity contribution in [3.63, 3.8) is 0 Å². The van der Waals surface area contributed by atoms with Gasteiger partial charge < -0.3 is 5.32 Å². The molecule has 5 heteroatoms. The summed E-state index contributed by atoms with van der Waals surface area (Å²) in [6.45, 7) is 0.113. The molecule has 0 saturated heterocycles. The summed E-state index contributed by atoms with van der Waals surface area (Å²) in [5.74, 6) is -0.316. The average molecular weight is 334 g/mol. The van der Waals surface area contributed by atoms with Crippen LogP contribution in [0.4, 0.5) is 0 Å². The molecule has 0 aromatic heterocycles. The zero-order chi connectivity index (χ0) is 15.9. The summed E-state index contributed by atoms with van der Waals surface area (Å²) >= 11 is 11.7. The van der Waals surface area contributed by atoms with Crippen LogP contribution in [0.25, 0.3) is 0 Å². The maximum Gasteiger partial charge on any atom is 0.188 e. The number of carbonyl (C=O) groups excluding carboxylic acids is 2. The highest BCUT2D eigenvalue weighted by Gasteiger charge is 2.07. The van der Waals surface area contributed by atoms with Gasteiger partial charge in [-0.1, -0.05) is 53.5 Å². The van der Waals surface area contributed by atoms with Crippen LogP contribution in [-0.4, -0.2) is 18.1 Å². The minimum Gasteiger partial charge on any atom is -0.383 e. The first-order valence-electron chi connectivity index (χ1n) is 6.55. The van der Waals surface area contributed by atoms with Crippen LogP contribution in [0.3, 0.4) is 0 Å². The standard InChI is InChI=1S/C17H13Cl2NO2/c18-13-6-7-14(15(19)10-13)16(21)8-9-20-11-17(22)12-4-2-1-3-5-12/h1-10,20H,11H2/b9-8-. The maximum atomic E-state index is 12.0. The van der Waals surface area contributed by atoms with Crippen LogP contribution in [0.5, 0.6) is 0 Å². The average Bonchev–Trinajstić information content (AvgIpc) is 2.52. The Labute approximate surface area is 138 Å². The Morgan fingerprint density at radius 3 is 2.45 bits per heavy atom. The van der Waals surface area contributed by atoms with Gasteiger partial charge in [-0.25, -0.2) is 0 Å². The molecule has 112 valence electrons. The lowest BCUT2D eigenvalue weighted by molar-refractivity contribution is 0.0992. The molecule has 2 rings (SSSR count). The second kappa shape index (κ2) is 7.78. The molecule has 0 bridgehead atoms. The van der Waals surface area contributed by atoms with Gasteiger partial charge in [0, 0.05) is 28.4 Å². The molecule has 0 atom stereocenters. The monoisotopic (exact) mass is 333 g/mol. The molecule has 0 unspecified atom stereocenters. The maximum absolute atomic E-state index is 12.0. The molecule has 22 heavy (non-hydrogen) atoms. The summed E-state index contributed by atoms with van der Waals surface area (Å²) in [5.41, 5.74) is 0.981. The summed E-state index contributed by atoms with van der Waals surface area (Å²) in [4.78, 5) is 23.8. The van der Waals surface area contributed by atoms with E-state index in [-0.39, 0.29) is 18.1 Å². The third-order valence-corrected chi connectivity index (χ3v) is 3.46. The smallest absolute Gasteiger partial charge is 0.188 e. The minimum atomic E-state index is -0.263. The van der Waals surface area contributed by atoms with Gasteiger partial charge in [0.15, 0.2) is 11.6 Å². The highest BCUT2D eigenvalue weighted by Crippen LogP contribution is 2.21. The molecule has 0 aliphatic carbocycles. The second-order valence-corrected chi connectivity index (χ2v) is 5.34. The Morgan fingerprint density at radius 1 is 1.05 bits per heavy atom. The van der Waals surface area contributed by atoms with Crippen molar-refractivity contribution >= 4 is 34.8 Å². The molecule has 3 nitrogen and oxygen atoms in total. The van der Waals surface area contributed by atoms with Crippen LogP contribution in [0.15, 0.2) is 60.8 Å². The van der Waals surface area contributed by atoms with Crippen molar-refractivity contribution in [1.29, 1.82) is 0 Å². The van der Waals surface area contributed by atoms with E-state index in [1.54, 1.807) is 36.4 Å². The SMILES string of the molecule is O=C(CN/C=C\C(=O)c1ccc(Cl)cc1Cl)c1ccccc1. The number of hydrogen-bond acceptors (Lipinski definition) is 3. The van der Waals surface area contributed by atoms with E-state index in [1.807, 2.05) is 6.07 Å². The van der Waals surface area contributed by atoms with Gasteiger partial charge in [0.25, 0.3) is 0 Å². The molecule has 2 aromatic rings. The Balaban J connectivity index is 1.90. The van der Waals surface area contributed by atoms with E-state index >= 15 is 0 Å². The molecule has 0 saturated carbocycles. The van der Waals surface area contributed by atoms with Crippen LogP contribution < -0.4 is 5.32 Å². The van der Waals surface area contributed by atoms with E-state index in [4.69, 9.17) is 23.2 Å². The van der Waals surface area contributed by atoms with Crippen molar-refractivity contribution in [2.45, 2.75) is 0 Å². The van der Waals surface area contributed by atoms with E-state index in [2.05, 4.69) is 5.32 Å². The fourth-order valence-electron chi connectivity index (χ4n) is 1.79. The van der Waals surface area contributed by atoms with E-state index < -0.39 is 0 Å².